The Morgan fingerprint density at radius 2 is 1.91 bits per heavy atom. The maximum atomic E-state index is 12.3. The molecule has 110 valence electrons. The van der Waals surface area contributed by atoms with Crippen molar-refractivity contribution < 1.29 is 14.3 Å². The van der Waals surface area contributed by atoms with Crippen molar-refractivity contribution in [2.24, 2.45) is 0 Å². The van der Waals surface area contributed by atoms with Crippen LogP contribution in [-0.2, 0) is 0 Å². The number of aromatic hydroxyl groups is 1. The molecule has 0 saturated carbocycles. The van der Waals surface area contributed by atoms with Gasteiger partial charge in [0.25, 0.3) is 0 Å². The number of ketones is 1. The first kappa shape index (κ1) is 14.7. The number of hydrogen-bond acceptors (Lipinski definition) is 5. The van der Waals surface area contributed by atoms with Gasteiger partial charge >= 0.3 is 4.94 Å². The summed E-state index contributed by atoms with van der Waals surface area (Å²) < 4.78 is 6.26. The van der Waals surface area contributed by atoms with Crippen LogP contribution in [0.5, 0.6) is 5.75 Å². The summed E-state index contributed by atoms with van der Waals surface area (Å²) in [7, 11) is 0. The first-order valence-electron chi connectivity index (χ1n) is 6.28. The summed E-state index contributed by atoms with van der Waals surface area (Å²) in [4.78, 5) is 23.2. The number of allylic oxidation sites excluding steroid dienone is 1. The minimum Gasteiger partial charge on any atom is -0.507 e. The molecule has 0 atom stereocenters. The Hall–Kier alpha value is -2.18. The largest absolute Gasteiger partial charge is 0.507 e. The first-order chi connectivity index (χ1) is 10.5. The van der Waals surface area contributed by atoms with E-state index in [1.807, 2.05) is 24.3 Å². The van der Waals surface area contributed by atoms with Gasteiger partial charge in [0.15, 0.2) is 11.4 Å². The van der Waals surface area contributed by atoms with E-state index in [1.54, 1.807) is 6.08 Å². The smallest absolute Gasteiger partial charge is 0.396 e. The standard InChI is InChI=1S/C16H9BrO4S/c17-10-4-1-9(2-5-10)3-6-11(18)14-12(19)7-8-13-15(14)22-16(20)21-13/h1-8,19H/b6-3+. The van der Waals surface area contributed by atoms with Gasteiger partial charge < -0.3 is 9.52 Å². The monoisotopic (exact) mass is 376 g/mol. The van der Waals surface area contributed by atoms with Gasteiger partial charge in [-0.1, -0.05) is 45.5 Å². The first-order valence-corrected chi connectivity index (χ1v) is 7.89. The van der Waals surface area contributed by atoms with Crippen molar-refractivity contribution in [3.05, 3.63) is 67.8 Å². The Bertz CT molecular complexity index is 935. The number of rotatable bonds is 3. The summed E-state index contributed by atoms with van der Waals surface area (Å²) in [6.45, 7) is 0. The summed E-state index contributed by atoms with van der Waals surface area (Å²) in [5, 5.41) is 9.92. The molecule has 0 aliphatic carbocycles. The van der Waals surface area contributed by atoms with Crippen molar-refractivity contribution in [2.45, 2.75) is 0 Å². The molecule has 1 N–H and O–H groups in total. The lowest BCUT2D eigenvalue weighted by Gasteiger charge is -2.01. The Labute approximate surface area is 137 Å². The van der Waals surface area contributed by atoms with Crippen molar-refractivity contribution in [1.29, 1.82) is 0 Å². The van der Waals surface area contributed by atoms with Gasteiger partial charge in [0.1, 0.15) is 5.75 Å². The fraction of sp³-hybridized carbons (Fsp3) is 0. The lowest BCUT2D eigenvalue weighted by Crippen LogP contribution is -1.95. The van der Waals surface area contributed by atoms with Gasteiger partial charge in [-0.05, 0) is 35.9 Å². The highest BCUT2D eigenvalue weighted by Gasteiger charge is 2.17. The van der Waals surface area contributed by atoms with Crippen LogP contribution in [0, 0.1) is 0 Å². The number of carbonyl (C=O) groups is 1. The minimum atomic E-state index is -0.508. The Balaban J connectivity index is 2.00. The number of phenols is 1. The zero-order chi connectivity index (χ0) is 15.7. The van der Waals surface area contributed by atoms with Gasteiger partial charge in [-0.25, -0.2) is 4.79 Å². The second kappa shape index (κ2) is 5.90. The van der Waals surface area contributed by atoms with E-state index in [1.165, 1.54) is 18.2 Å². The summed E-state index contributed by atoms with van der Waals surface area (Å²) in [6, 6.07) is 10.2. The Morgan fingerprint density at radius 3 is 2.64 bits per heavy atom. The molecule has 0 bridgehead atoms. The van der Waals surface area contributed by atoms with Crippen molar-refractivity contribution >= 4 is 49.4 Å². The molecule has 1 aromatic heterocycles. The molecule has 6 heteroatoms. The molecule has 4 nitrogen and oxygen atoms in total. The van der Waals surface area contributed by atoms with Crippen LogP contribution in [0.1, 0.15) is 15.9 Å². The number of phenolic OH excluding ortho intramolecular Hbond substituents is 1. The van der Waals surface area contributed by atoms with Gasteiger partial charge in [0.05, 0.1) is 10.3 Å². The van der Waals surface area contributed by atoms with Crippen LogP contribution in [-0.4, -0.2) is 10.9 Å². The summed E-state index contributed by atoms with van der Waals surface area (Å²) >= 11 is 4.14. The molecule has 22 heavy (non-hydrogen) atoms. The number of carbonyl (C=O) groups excluding carboxylic acids is 1. The molecule has 0 aliphatic heterocycles. The zero-order valence-electron chi connectivity index (χ0n) is 11.1. The molecule has 0 saturated heterocycles. The van der Waals surface area contributed by atoms with Crippen LogP contribution < -0.4 is 4.94 Å². The van der Waals surface area contributed by atoms with Crippen LogP contribution in [0.15, 0.2) is 56.2 Å². The molecule has 0 radical (unpaired) electrons. The third kappa shape index (κ3) is 2.88. The average Bonchev–Trinajstić information content (AvgIpc) is 2.86. The molecule has 0 fully saturated rings. The topological polar surface area (TPSA) is 67.5 Å². The quantitative estimate of drug-likeness (QED) is 0.548. The highest BCUT2D eigenvalue weighted by Crippen LogP contribution is 2.30. The molecule has 0 amide bonds. The molecule has 0 aliphatic rings. The SMILES string of the molecule is O=C(/C=C/c1ccc(Br)cc1)c1c(O)ccc2oc(=O)sc12. The lowest BCUT2D eigenvalue weighted by molar-refractivity contribution is 0.104. The molecule has 0 unspecified atom stereocenters. The third-order valence-electron chi connectivity index (χ3n) is 3.02. The molecule has 3 aromatic rings. The third-order valence-corrected chi connectivity index (χ3v) is 4.41. The summed E-state index contributed by atoms with van der Waals surface area (Å²) in [5.41, 5.74) is 1.23. The van der Waals surface area contributed by atoms with Gasteiger partial charge in [-0.3, -0.25) is 4.79 Å². The zero-order valence-corrected chi connectivity index (χ0v) is 13.5. The van der Waals surface area contributed by atoms with Crippen molar-refractivity contribution in [1.82, 2.24) is 0 Å². The van der Waals surface area contributed by atoms with Crippen LogP contribution in [0.25, 0.3) is 16.4 Å². The normalized spacial score (nSPS) is 11.3. The molecule has 0 spiro atoms. The molecular formula is C16H9BrO4S. The Morgan fingerprint density at radius 1 is 1.18 bits per heavy atom. The van der Waals surface area contributed by atoms with E-state index in [0.717, 1.165) is 21.4 Å². The van der Waals surface area contributed by atoms with Gasteiger partial charge in [-0.2, -0.15) is 0 Å². The maximum absolute atomic E-state index is 12.3. The highest BCUT2D eigenvalue weighted by molar-refractivity contribution is 9.10. The van der Waals surface area contributed by atoms with E-state index in [2.05, 4.69) is 15.9 Å². The van der Waals surface area contributed by atoms with E-state index in [-0.39, 0.29) is 17.1 Å². The number of fused-ring (bicyclic) bond motifs is 1. The molecular weight excluding hydrogens is 368 g/mol. The van der Waals surface area contributed by atoms with Crippen LogP contribution in [0.4, 0.5) is 0 Å². The van der Waals surface area contributed by atoms with Crippen molar-refractivity contribution in [2.75, 3.05) is 0 Å². The number of hydrogen-bond donors (Lipinski definition) is 1. The Kier molecular flexibility index (Phi) is 3.96. The van der Waals surface area contributed by atoms with Gasteiger partial charge in [0.2, 0.25) is 0 Å². The van der Waals surface area contributed by atoms with Gasteiger partial charge in [0, 0.05) is 4.47 Å². The fourth-order valence-corrected chi connectivity index (χ4v) is 3.08. The van der Waals surface area contributed by atoms with E-state index in [4.69, 9.17) is 4.42 Å². The van der Waals surface area contributed by atoms with Crippen LogP contribution >= 0.6 is 27.3 Å². The second-order valence-corrected chi connectivity index (χ2v) is 6.35. The van der Waals surface area contributed by atoms with E-state index >= 15 is 0 Å². The molecule has 2 aromatic carbocycles. The summed E-state index contributed by atoms with van der Waals surface area (Å²) in [6.07, 6.45) is 3.01. The molecule has 3 rings (SSSR count). The molecule has 1 heterocycles. The maximum Gasteiger partial charge on any atom is 0.396 e. The van der Waals surface area contributed by atoms with E-state index < -0.39 is 4.94 Å². The second-order valence-electron chi connectivity index (χ2n) is 4.49. The van der Waals surface area contributed by atoms with Gasteiger partial charge in [-0.15, -0.1) is 0 Å². The average molecular weight is 377 g/mol. The van der Waals surface area contributed by atoms with Crippen LogP contribution in [0.3, 0.4) is 0 Å². The number of benzene rings is 2. The fourth-order valence-electron chi connectivity index (χ4n) is 2.00. The lowest BCUT2D eigenvalue weighted by atomic mass is 10.1. The van der Waals surface area contributed by atoms with E-state index in [0.29, 0.717) is 10.3 Å². The summed E-state index contributed by atoms with van der Waals surface area (Å²) in [5.74, 6) is -0.557. The highest BCUT2D eigenvalue weighted by atomic mass is 79.9. The van der Waals surface area contributed by atoms with Crippen molar-refractivity contribution in [3.63, 3.8) is 0 Å². The van der Waals surface area contributed by atoms with Crippen LogP contribution in [0.2, 0.25) is 0 Å². The van der Waals surface area contributed by atoms with E-state index in [9.17, 15) is 14.7 Å². The predicted octanol–water partition coefficient (Wildman–Crippen LogP) is 4.22. The van der Waals surface area contributed by atoms with Crippen molar-refractivity contribution in [3.8, 4) is 5.75 Å². The minimum absolute atomic E-state index is 0.0849. The predicted molar refractivity (Wildman–Crippen MR) is 89.5 cm³/mol. The number of halogens is 1.